The zero-order chi connectivity index (χ0) is 16.4. The van der Waals surface area contributed by atoms with E-state index in [4.69, 9.17) is 4.74 Å². The second-order valence-corrected chi connectivity index (χ2v) is 5.57. The molecule has 1 heterocycles. The van der Waals surface area contributed by atoms with Crippen LogP contribution in [0.1, 0.15) is 22.8 Å². The maximum atomic E-state index is 12.4. The van der Waals surface area contributed by atoms with Gasteiger partial charge in [-0.2, -0.15) is 0 Å². The lowest BCUT2D eigenvalue weighted by molar-refractivity contribution is -0.122. The van der Waals surface area contributed by atoms with Crippen molar-refractivity contribution in [1.29, 1.82) is 0 Å². The Hall–Kier alpha value is -2.82. The van der Waals surface area contributed by atoms with Crippen LogP contribution in [0.25, 0.3) is 0 Å². The van der Waals surface area contributed by atoms with Crippen molar-refractivity contribution in [2.45, 2.75) is 19.4 Å². The molecule has 5 nitrogen and oxygen atoms in total. The average Bonchev–Trinajstić information content (AvgIpc) is 2.88. The number of para-hydroxylation sites is 1. The number of rotatable bonds is 3. The summed E-state index contributed by atoms with van der Waals surface area (Å²) in [6.07, 6.45) is 0.794. The van der Waals surface area contributed by atoms with Gasteiger partial charge in [0.2, 0.25) is 0 Å². The molecule has 23 heavy (non-hydrogen) atoms. The Morgan fingerprint density at radius 2 is 2.00 bits per heavy atom. The van der Waals surface area contributed by atoms with E-state index >= 15 is 0 Å². The van der Waals surface area contributed by atoms with Crippen LogP contribution < -0.4 is 4.90 Å². The predicted octanol–water partition coefficient (Wildman–Crippen LogP) is 2.53. The van der Waals surface area contributed by atoms with Gasteiger partial charge in [-0.1, -0.05) is 24.3 Å². The molecule has 0 aromatic heterocycles. The number of aromatic hydroxyl groups is 1. The van der Waals surface area contributed by atoms with Crippen molar-refractivity contribution < 1.29 is 19.4 Å². The first-order valence-corrected chi connectivity index (χ1v) is 7.42. The Balaban J connectivity index is 1.67. The van der Waals surface area contributed by atoms with Crippen LogP contribution in [0.3, 0.4) is 0 Å². The maximum Gasteiger partial charge on any atom is 0.338 e. The van der Waals surface area contributed by atoms with Gasteiger partial charge in [-0.25, -0.2) is 4.79 Å². The van der Waals surface area contributed by atoms with Gasteiger partial charge < -0.3 is 14.7 Å². The van der Waals surface area contributed by atoms with Crippen molar-refractivity contribution >= 4 is 17.6 Å². The van der Waals surface area contributed by atoms with Crippen LogP contribution in [-0.2, 0) is 16.0 Å². The number of nitrogens with zero attached hydrogens (tertiary/aromatic N) is 1. The van der Waals surface area contributed by atoms with Crippen LogP contribution in [0.4, 0.5) is 5.69 Å². The molecule has 118 valence electrons. The molecule has 5 heteroatoms. The molecule has 0 unspecified atom stereocenters. The Bertz CT molecular complexity index is 756. The third-order valence-corrected chi connectivity index (χ3v) is 3.88. The summed E-state index contributed by atoms with van der Waals surface area (Å²) in [6, 6.07) is 13.6. The molecule has 2 aromatic carbocycles. The minimum absolute atomic E-state index is 0.0205. The van der Waals surface area contributed by atoms with Gasteiger partial charge >= 0.3 is 5.97 Å². The predicted molar refractivity (Wildman–Crippen MR) is 85.5 cm³/mol. The minimum Gasteiger partial charge on any atom is -0.508 e. The normalized spacial score (nSPS) is 16.0. The van der Waals surface area contributed by atoms with Gasteiger partial charge in [-0.15, -0.1) is 0 Å². The van der Waals surface area contributed by atoms with Gasteiger partial charge in [-0.05, 0) is 43.2 Å². The number of benzene rings is 2. The molecule has 1 N–H and O–H groups in total. The Kier molecular flexibility index (Phi) is 4.02. The number of carbonyl (C=O) groups excluding carboxylic acids is 2. The fraction of sp³-hybridized carbons (Fsp3) is 0.222. The molecule has 1 aliphatic heterocycles. The molecule has 0 saturated heterocycles. The molecule has 1 atom stereocenters. The standard InChI is InChI=1S/C18H17NO4/c1-12-9-13-5-2-3-8-16(13)19(12)17(21)11-23-18(22)14-6-4-7-15(20)10-14/h2-8,10,12,20H,9,11H2,1H3/t12-/m1/s1. The Morgan fingerprint density at radius 1 is 1.22 bits per heavy atom. The largest absolute Gasteiger partial charge is 0.508 e. The summed E-state index contributed by atoms with van der Waals surface area (Å²) >= 11 is 0. The van der Waals surface area contributed by atoms with Gasteiger partial charge in [0.25, 0.3) is 5.91 Å². The number of phenols is 1. The third-order valence-electron chi connectivity index (χ3n) is 3.88. The van der Waals surface area contributed by atoms with Crippen molar-refractivity contribution in [3.05, 3.63) is 59.7 Å². The highest BCUT2D eigenvalue weighted by atomic mass is 16.5. The lowest BCUT2D eigenvalue weighted by Gasteiger charge is -2.22. The SMILES string of the molecule is C[C@@H]1Cc2ccccc2N1C(=O)COC(=O)c1cccc(O)c1. The molecule has 3 rings (SSSR count). The van der Waals surface area contributed by atoms with E-state index in [0.29, 0.717) is 0 Å². The number of anilines is 1. The van der Waals surface area contributed by atoms with E-state index < -0.39 is 5.97 Å². The highest BCUT2D eigenvalue weighted by molar-refractivity contribution is 5.99. The number of fused-ring (bicyclic) bond motifs is 1. The van der Waals surface area contributed by atoms with Gasteiger partial charge in [-0.3, -0.25) is 4.79 Å². The molecule has 0 radical (unpaired) electrons. The molecular weight excluding hydrogens is 294 g/mol. The fourth-order valence-corrected chi connectivity index (χ4v) is 2.86. The van der Waals surface area contributed by atoms with Gasteiger partial charge in [0.05, 0.1) is 5.56 Å². The van der Waals surface area contributed by atoms with Crippen LogP contribution in [0.15, 0.2) is 48.5 Å². The van der Waals surface area contributed by atoms with Crippen molar-refractivity contribution in [1.82, 2.24) is 0 Å². The summed E-state index contributed by atoms with van der Waals surface area (Å²) in [4.78, 5) is 26.0. The van der Waals surface area contributed by atoms with E-state index in [1.54, 1.807) is 11.0 Å². The Labute approximate surface area is 134 Å². The lowest BCUT2D eigenvalue weighted by Crippen LogP contribution is -2.38. The highest BCUT2D eigenvalue weighted by Crippen LogP contribution is 2.31. The van der Waals surface area contributed by atoms with E-state index in [9.17, 15) is 14.7 Å². The van der Waals surface area contributed by atoms with Gasteiger partial charge in [0.1, 0.15) is 5.75 Å². The number of phenolic OH excluding ortho intramolecular Hbond substituents is 1. The number of amides is 1. The van der Waals surface area contributed by atoms with Crippen LogP contribution in [0, 0.1) is 0 Å². The summed E-state index contributed by atoms with van der Waals surface area (Å²) in [5.74, 6) is -0.904. The van der Waals surface area contributed by atoms with Gasteiger partial charge in [0.15, 0.2) is 6.61 Å². The van der Waals surface area contributed by atoms with E-state index in [1.807, 2.05) is 31.2 Å². The summed E-state index contributed by atoms with van der Waals surface area (Å²) in [5.41, 5.74) is 2.21. The van der Waals surface area contributed by atoms with Crippen LogP contribution in [0.2, 0.25) is 0 Å². The zero-order valence-corrected chi connectivity index (χ0v) is 12.7. The second-order valence-electron chi connectivity index (χ2n) is 5.57. The highest BCUT2D eigenvalue weighted by Gasteiger charge is 2.30. The summed E-state index contributed by atoms with van der Waals surface area (Å²) < 4.78 is 5.08. The molecule has 2 aromatic rings. The van der Waals surface area contributed by atoms with Crippen LogP contribution in [0.5, 0.6) is 5.75 Å². The quantitative estimate of drug-likeness (QED) is 0.885. The van der Waals surface area contributed by atoms with E-state index in [2.05, 4.69) is 0 Å². The molecule has 0 spiro atoms. The maximum absolute atomic E-state index is 12.4. The number of esters is 1. The summed E-state index contributed by atoms with van der Waals surface area (Å²) in [6.45, 7) is 1.64. The molecule has 1 aliphatic rings. The third kappa shape index (κ3) is 3.04. The molecule has 0 fully saturated rings. The van der Waals surface area contributed by atoms with Crippen molar-refractivity contribution in [2.75, 3.05) is 11.5 Å². The van der Waals surface area contributed by atoms with Crippen molar-refractivity contribution in [2.24, 2.45) is 0 Å². The van der Waals surface area contributed by atoms with Crippen molar-refractivity contribution in [3.63, 3.8) is 0 Å². The number of hydrogen-bond donors (Lipinski definition) is 1. The monoisotopic (exact) mass is 311 g/mol. The first-order valence-electron chi connectivity index (χ1n) is 7.42. The van der Waals surface area contributed by atoms with Crippen molar-refractivity contribution in [3.8, 4) is 5.75 Å². The number of ether oxygens (including phenoxy) is 1. The first-order chi connectivity index (χ1) is 11.1. The van der Waals surface area contributed by atoms with E-state index in [1.165, 1.54) is 18.2 Å². The Morgan fingerprint density at radius 3 is 2.78 bits per heavy atom. The summed E-state index contributed by atoms with van der Waals surface area (Å²) in [5, 5.41) is 9.37. The number of carbonyl (C=O) groups is 2. The molecule has 0 saturated carbocycles. The topological polar surface area (TPSA) is 66.8 Å². The zero-order valence-electron chi connectivity index (χ0n) is 12.7. The van der Waals surface area contributed by atoms with Gasteiger partial charge in [0, 0.05) is 11.7 Å². The van der Waals surface area contributed by atoms with E-state index in [-0.39, 0.29) is 29.9 Å². The smallest absolute Gasteiger partial charge is 0.338 e. The van der Waals surface area contributed by atoms with E-state index in [0.717, 1.165) is 17.7 Å². The summed E-state index contributed by atoms with van der Waals surface area (Å²) in [7, 11) is 0. The van der Waals surface area contributed by atoms with Crippen LogP contribution in [-0.4, -0.2) is 29.6 Å². The first kappa shape index (κ1) is 15.1. The second kappa shape index (κ2) is 6.12. The average molecular weight is 311 g/mol. The molecular formula is C18H17NO4. The molecule has 1 amide bonds. The lowest BCUT2D eigenvalue weighted by atomic mass is 10.1. The molecule has 0 aliphatic carbocycles. The van der Waals surface area contributed by atoms with Crippen LogP contribution >= 0.6 is 0 Å². The fourth-order valence-electron chi connectivity index (χ4n) is 2.86. The number of hydrogen-bond acceptors (Lipinski definition) is 4. The molecule has 0 bridgehead atoms. The minimum atomic E-state index is -0.630.